The lowest BCUT2D eigenvalue weighted by Crippen LogP contribution is -2.22. The normalized spacial score (nSPS) is 18.2. The third-order valence-corrected chi connectivity index (χ3v) is 4.45. The van der Waals surface area contributed by atoms with E-state index in [4.69, 9.17) is 23.8 Å². The zero-order valence-corrected chi connectivity index (χ0v) is 11.3. The van der Waals surface area contributed by atoms with Gasteiger partial charge >= 0.3 is 0 Å². The molecule has 4 heteroatoms. The van der Waals surface area contributed by atoms with Crippen LogP contribution in [-0.4, -0.2) is 9.55 Å². The van der Waals surface area contributed by atoms with E-state index >= 15 is 0 Å². The SMILES string of the molecule is CC(C1CCC1)n1c(=S)[nH]c2cc(Cl)ccc21. The van der Waals surface area contributed by atoms with Crippen molar-refractivity contribution < 1.29 is 0 Å². The molecule has 0 radical (unpaired) electrons. The van der Waals surface area contributed by atoms with Crippen LogP contribution in [0.25, 0.3) is 11.0 Å². The summed E-state index contributed by atoms with van der Waals surface area (Å²) in [6, 6.07) is 6.40. The molecule has 0 bridgehead atoms. The van der Waals surface area contributed by atoms with Crippen LogP contribution in [0.2, 0.25) is 5.02 Å². The number of benzene rings is 1. The van der Waals surface area contributed by atoms with Gasteiger partial charge in [0, 0.05) is 11.1 Å². The summed E-state index contributed by atoms with van der Waals surface area (Å²) in [5, 5.41) is 0.747. The lowest BCUT2D eigenvalue weighted by Gasteiger charge is -2.32. The van der Waals surface area contributed by atoms with E-state index in [9.17, 15) is 0 Å². The number of hydrogen-bond acceptors (Lipinski definition) is 1. The summed E-state index contributed by atoms with van der Waals surface area (Å²) in [5.74, 6) is 0.774. The molecule has 0 spiro atoms. The zero-order chi connectivity index (χ0) is 12.0. The Kier molecular flexibility index (Phi) is 2.75. The quantitative estimate of drug-likeness (QED) is 0.781. The number of nitrogens with zero attached hydrogens (tertiary/aromatic N) is 1. The molecular weight excluding hydrogens is 252 g/mol. The van der Waals surface area contributed by atoms with Gasteiger partial charge in [0.15, 0.2) is 4.77 Å². The Morgan fingerprint density at radius 1 is 1.47 bits per heavy atom. The summed E-state index contributed by atoms with van der Waals surface area (Å²) in [5.41, 5.74) is 2.20. The molecule has 1 aromatic heterocycles. The van der Waals surface area contributed by atoms with Crippen molar-refractivity contribution in [1.29, 1.82) is 0 Å². The lowest BCUT2D eigenvalue weighted by atomic mass is 9.80. The molecule has 2 nitrogen and oxygen atoms in total. The van der Waals surface area contributed by atoms with Crippen molar-refractivity contribution in [3.8, 4) is 0 Å². The third-order valence-electron chi connectivity index (χ3n) is 3.92. The van der Waals surface area contributed by atoms with E-state index in [1.54, 1.807) is 0 Å². The van der Waals surface area contributed by atoms with E-state index in [2.05, 4.69) is 22.5 Å². The second-order valence-corrected chi connectivity index (χ2v) is 5.72. The molecule has 1 aromatic carbocycles. The van der Waals surface area contributed by atoms with E-state index in [0.29, 0.717) is 6.04 Å². The highest BCUT2D eigenvalue weighted by molar-refractivity contribution is 7.71. The number of rotatable bonds is 2. The average Bonchev–Trinajstić information content (AvgIpc) is 2.50. The molecule has 2 aromatic rings. The minimum Gasteiger partial charge on any atom is -0.331 e. The van der Waals surface area contributed by atoms with Crippen molar-refractivity contribution in [1.82, 2.24) is 9.55 Å². The minimum absolute atomic E-state index is 0.478. The monoisotopic (exact) mass is 266 g/mol. The van der Waals surface area contributed by atoms with Gasteiger partial charge in [-0.25, -0.2) is 0 Å². The Balaban J connectivity index is 2.14. The Labute approximate surface area is 111 Å². The largest absolute Gasteiger partial charge is 0.331 e. The second-order valence-electron chi connectivity index (χ2n) is 4.89. The molecule has 90 valence electrons. The number of halogens is 1. The Bertz CT molecular complexity index is 609. The summed E-state index contributed by atoms with van der Waals surface area (Å²) in [7, 11) is 0. The molecule has 0 saturated heterocycles. The van der Waals surface area contributed by atoms with E-state index in [0.717, 1.165) is 21.2 Å². The second kappa shape index (κ2) is 4.14. The molecule has 1 saturated carbocycles. The van der Waals surface area contributed by atoms with Crippen LogP contribution < -0.4 is 0 Å². The van der Waals surface area contributed by atoms with Crippen LogP contribution >= 0.6 is 23.8 Å². The fourth-order valence-electron chi connectivity index (χ4n) is 2.64. The van der Waals surface area contributed by atoms with Gasteiger partial charge in [-0.2, -0.15) is 0 Å². The number of H-pyrrole nitrogens is 1. The molecule has 0 aliphatic heterocycles. The minimum atomic E-state index is 0.478. The van der Waals surface area contributed by atoms with Crippen molar-refractivity contribution in [3.63, 3.8) is 0 Å². The molecule has 17 heavy (non-hydrogen) atoms. The number of fused-ring (bicyclic) bond motifs is 1. The maximum absolute atomic E-state index is 6.00. The van der Waals surface area contributed by atoms with Gasteiger partial charge in [0.25, 0.3) is 0 Å². The Hall–Kier alpha value is -0.800. The van der Waals surface area contributed by atoms with Gasteiger partial charge in [0.2, 0.25) is 0 Å². The number of nitrogens with one attached hydrogen (secondary N) is 1. The third kappa shape index (κ3) is 1.81. The summed E-state index contributed by atoms with van der Waals surface area (Å²) in [6.07, 6.45) is 4.00. The molecule has 1 aliphatic carbocycles. The van der Waals surface area contributed by atoms with Gasteiger partial charge in [-0.05, 0) is 56.1 Å². The van der Waals surface area contributed by atoms with Gasteiger partial charge in [0.05, 0.1) is 11.0 Å². The fraction of sp³-hybridized carbons (Fsp3) is 0.462. The Morgan fingerprint density at radius 2 is 2.24 bits per heavy atom. The molecular formula is C13H15ClN2S. The highest BCUT2D eigenvalue weighted by atomic mass is 35.5. The standard InChI is InChI=1S/C13H15ClN2S/c1-8(9-3-2-4-9)16-12-6-5-10(14)7-11(12)15-13(16)17/h5-9H,2-4H2,1H3,(H,15,17). The lowest BCUT2D eigenvalue weighted by molar-refractivity contribution is 0.224. The predicted octanol–water partition coefficient (Wildman–Crippen LogP) is 4.71. The highest BCUT2D eigenvalue weighted by Gasteiger charge is 2.26. The fourth-order valence-corrected chi connectivity index (χ4v) is 3.19. The zero-order valence-electron chi connectivity index (χ0n) is 9.74. The highest BCUT2D eigenvalue weighted by Crippen LogP contribution is 2.37. The smallest absolute Gasteiger partial charge is 0.178 e. The average molecular weight is 267 g/mol. The van der Waals surface area contributed by atoms with E-state index in [1.807, 2.05) is 12.1 Å². The van der Waals surface area contributed by atoms with Gasteiger partial charge in [-0.1, -0.05) is 18.0 Å². The van der Waals surface area contributed by atoms with Crippen LogP contribution in [-0.2, 0) is 0 Å². The molecule has 1 N–H and O–H groups in total. The maximum atomic E-state index is 6.00. The van der Waals surface area contributed by atoms with Gasteiger partial charge in [-0.3, -0.25) is 0 Å². The number of aromatic amines is 1. The van der Waals surface area contributed by atoms with Gasteiger partial charge in [-0.15, -0.1) is 0 Å². The first-order valence-corrected chi connectivity index (χ1v) is 6.85. The summed E-state index contributed by atoms with van der Waals surface area (Å²) in [6.45, 7) is 2.27. The number of aromatic nitrogens is 2. The molecule has 0 amide bonds. The molecule has 1 heterocycles. The van der Waals surface area contributed by atoms with Crippen LogP contribution in [0.1, 0.15) is 32.2 Å². The first-order chi connectivity index (χ1) is 8.16. The first-order valence-electron chi connectivity index (χ1n) is 6.06. The molecule has 3 rings (SSSR count). The molecule has 1 fully saturated rings. The van der Waals surface area contributed by atoms with Crippen LogP contribution in [0, 0.1) is 10.7 Å². The predicted molar refractivity (Wildman–Crippen MR) is 74.2 cm³/mol. The van der Waals surface area contributed by atoms with Crippen molar-refractivity contribution in [2.75, 3.05) is 0 Å². The topological polar surface area (TPSA) is 20.7 Å². The van der Waals surface area contributed by atoms with Crippen molar-refractivity contribution in [3.05, 3.63) is 28.0 Å². The van der Waals surface area contributed by atoms with E-state index in [-0.39, 0.29) is 0 Å². The van der Waals surface area contributed by atoms with Crippen LogP contribution in [0.5, 0.6) is 0 Å². The van der Waals surface area contributed by atoms with E-state index < -0.39 is 0 Å². The first kappa shape index (κ1) is 11.3. The molecule has 1 atom stereocenters. The summed E-state index contributed by atoms with van der Waals surface area (Å²) >= 11 is 11.4. The van der Waals surface area contributed by atoms with Crippen LogP contribution in [0.15, 0.2) is 18.2 Å². The summed E-state index contributed by atoms with van der Waals surface area (Å²) in [4.78, 5) is 3.25. The van der Waals surface area contributed by atoms with Gasteiger partial charge in [0.1, 0.15) is 0 Å². The van der Waals surface area contributed by atoms with Gasteiger partial charge < -0.3 is 9.55 Å². The van der Waals surface area contributed by atoms with Crippen molar-refractivity contribution in [2.24, 2.45) is 5.92 Å². The van der Waals surface area contributed by atoms with Crippen LogP contribution in [0.4, 0.5) is 0 Å². The molecule has 1 unspecified atom stereocenters. The molecule has 1 aliphatic rings. The Morgan fingerprint density at radius 3 is 2.88 bits per heavy atom. The maximum Gasteiger partial charge on any atom is 0.178 e. The van der Waals surface area contributed by atoms with Crippen molar-refractivity contribution >= 4 is 34.9 Å². The van der Waals surface area contributed by atoms with E-state index in [1.165, 1.54) is 24.8 Å². The number of hydrogen-bond donors (Lipinski definition) is 1. The van der Waals surface area contributed by atoms with Crippen LogP contribution in [0.3, 0.4) is 0 Å². The summed E-state index contributed by atoms with van der Waals surface area (Å²) < 4.78 is 3.05. The van der Waals surface area contributed by atoms with Crippen molar-refractivity contribution in [2.45, 2.75) is 32.2 Å². The number of imidazole rings is 1.